The van der Waals surface area contributed by atoms with E-state index in [1.54, 1.807) is 7.05 Å². The van der Waals surface area contributed by atoms with Crippen LogP contribution in [0.5, 0.6) is 11.5 Å². The van der Waals surface area contributed by atoms with Gasteiger partial charge < -0.3 is 15.5 Å². The Hall–Kier alpha value is -0.860. The average molecular weight is 383 g/mol. The lowest BCUT2D eigenvalue weighted by Gasteiger charge is -2.06. The Kier molecular flexibility index (Phi) is 5.16. The maximum atomic E-state index is 9.73. The fourth-order valence-electron chi connectivity index (χ4n) is 0.932. The highest BCUT2D eigenvalue weighted by atomic mass is 79.9. The van der Waals surface area contributed by atoms with Gasteiger partial charge in [0, 0.05) is 12.6 Å². The van der Waals surface area contributed by atoms with Crippen LogP contribution in [0.2, 0.25) is 0 Å². The van der Waals surface area contributed by atoms with E-state index >= 15 is 0 Å². The molecule has 1 aromatic carbocycles. The minimum Gasteiger partial charge on any atom is -0.506 e. The van der Waals surface area contributed by atoms with E-state index in [1.165, 1.54) is 12.3 Å². The fourth-order valence-corrected chi connectivity index (χ4v) is 2.14. The molecule has 8 heteroatoms. The molecule has 1 rings (SSSR count). The summed E-state index contributed by atoms with van der Waals surface area (Å²) in [5, 5.41) is 26.1. The molecular formula is C9H9Br2N3O2S. The summed E-state index contributed by atoms with van der Waals surface area (Å²) in [7, 11) is 1.66. The predicted molar refractivity (Wildman–Crippen MR) is 77.6 cm³/mol. The summed E-state index contributed by atoms with van der Waals surface area (Å²) < 4.78 is 0.643. The number of halogens is 2. The molecule has 0 aromatic heterocycles. The molecule has 92 valence electrons. The van der Waals surface area contributed by atoms with Crippen LogP contribution < -0.4 is 10.7 Å². The number of benzene rings is 1. The van der Waals surface area contributed by atoms with E-state index in [0.29, 0.717) is 15.1 Å². The van der Waals surface area contributed by atoms with Crippen LogP contribution in [0, 0.1) is 0 Å². The van der Waals surface area contributed by atoms with E-state index in [-0.39, 0.29) is 16.0 Å². The quantitative estimate of drug-likeness (QED) is 0.358. The molecule has 0 saturated carbocycles. The van der Waals surface area contributed by atoms with Gasteiger partial charge in [0.2, 0.25) is 0 Å². The number of thiocarbonyl (C=S) groups is 1. The van der Waals surface area contributed by atoms with Crippen molar-refractivity contribution in [2.45, 2.75) is 0 Å². The molecule has 0 atom stereocenters. The first-order valence-electron chi connectivity index (χ1n) is 4.38. The van der Waals surface area contributed by atoms with E-state index < -0.39 is 0 Å². The van der Waals surface area contributed by atoms with Crippen LogP contribution in [-0.2, 0) is 0 Å². The Bertz CT molecular complexity index is 480. The third kappa shape index (κ3) is 3.55. The molecule has 0 aliphatic heterocycles. The van der Waals surface area contributed by atoms with E-state index in [4.69, 9.17) is 12.2 Å². The molecule has 0 aliphatic carbocycles. The van der Waals surface area contributed by atoms with Crippen molar-refractivity contribution in [1.82, 2.24) is 10.7 Å². The highest BCUT2D eigenvalue weighted by Gasteiger charge is 2.12. The minimum atomic E-state index is -0.105. The van der Waals surface area contributed by atoms with Gasteiger partial charge in [-0.1, -0.05) is 0 Å². The van der Waals surface area contributed by atoms with Crippen molar-refractivity contribution in [2.75, 3.05) is 7.05 Å². The third-order valence-corrected chi connectivity index (χ3v) is 3.45. The number of hydrogen-bond acceptors (Lipinski definition) is 4. The molecule has 17 heavy (non-hydrogen) atoms. The van der Waals surface area contributed by atoms with Crippen molar-refractivity contribution in [3.05, 3.63) is 20.6 Å². The summed E-state index contributed by atoms with van der Waals surface area (Å²) in [6.45, 7) is 0. The number of phenolic OH excluding ortho intramolecular Hbond substituents is 2. The van der Waals surface area contributed by atoms with Crippen molar-refractivity contribution < 1.29 is 10.2 Å². The first kappa shape index (κ1) is 14.2. The summed E-state index contributed by atoms with van der Waals surface area (Å²) in [5.74, 6) is -0.176. The van der Waals surface area contributed by atoms with Crippen LogP contribution in [0.15, 0.2) is 20.1 Å². The maximum absolute atomic E-state index is 9.73. The van der Waals surface area contributed by atoms with Gasteiger partial charge in [-0.15, -0.1) is 0 Å². The molecule has 0 heterocycles. The minimum absolute atomic E-state index is 0.0710. The SMILES string of the molecule is CNC(=S)NN=Cc1cc(Br)c(O)c(Br)c1O. The van der Waals surface area contributed by atoms with Crippen molar-refractivity contribution >= 4 is 55.4 Å². The van der Waals surface area contributed by atoms with Gasteiger partial charge in [0.25, 0.3) is 0 Å². The summed E-state index contributed by atoms with van der Waals surface area (Å²) >= 11 is 11.0. The van der Waals surface area contributed by atoms with E-state index in [9.17, 15) is 10.2 Å². The van der Waals surface area contributed by atoms with Gasteiger partial charge in [0.05, 0.1) is 10.7 Å². The van der Waals surface area contributed by atoms with Gasteiger partial charge in [0.15, 0.2) is 5.11 Å². The van der Waals surface area contributed by atoms with Crippen molar-refractivity contribution in [3.8, 4) is 11.5 Å². The van der Waals surface area contributed by atoms with Crippen LogP contribution in [-0.4, -0.2) is 28.6 Å². The molecule has 0 unspecified atom stereocenters. The highest BCUT2D eigenvalue weighted by molar-refractivity contribution is 9.11. The second kappa shape index (κ2) is 6.18. The molecule has 0 saturated heterocycles. The fraction of sp³-hybridized carbons (Fsp3) is 0.111. The zero-order valence-corrected chi connectivity index (χ0v) is 12.6. The lowest BCUT2D eigenvalue weighted by atomic mass is 10.2. The molecule has 0 spiro atoms. The monoisotopic (exact) mass is 381 g/mol. The summed E-state index contributed by atoms with van der Waals surface area (Å²) in [5.41, 5.74) is 2.97. The maximum Gasteiger partial charge on any atom is 0.186 e. The molecule has 0 bridgehead atoms. The van der Waals surface area contributed by atoms with Crippen LogP contribution in [0.3, 0.4) is 0 Å². The molecule has 0 aliphatic rings. The van der Waals surface area contributed by atoms with Crippen LogP contribution >= 0.6 is 44.1 Å². The molecule has 5 nitrogen and oxygen atoms in total. The number of hydrazone groups is 1. The lowest BCUT2D eigenvalue weighted by Crippen LogP contribution is -2.28. The Morgan fingerprint density at radius 1 is 1.41 bits per heavy atom. The first-order valence-corrected chi connectivity index (χ1v) is 6.37. The second-order valence-electron chi connectivity index (χ2n) is 2.91. The third-order valence-electron chi connectivity index (χ3n) is 1.79. The van der Waals surface area contributed by atoms with E-state index in [0.717, 1.165) is 0 Å². The summed E-state index contributed by atoms with van der Waals surface area (Å²) in [4.78, 5) is 0. The van der Waals surface area contributed by atoms with Gasteiger partial charge in [0.1, 0.15) is 16.0 Å². The molecule has 1 aromatic rings. The Balaban J connectivity index is 2.96. The normalized spacial score (nSPS) is 10.5. The first-order chi connectivity index (χ1) is 7.97. The Labute approximate surface area is 120 Å². The highest BCUT2D eigenvalue weighted by Crippen LogP contribution is 2.40. The topological polar surface area (TPSA) is 76.9 Å². The van der Waals surface area contributed by atoms with E-state index in [2.05, 4.69) is 47.7 Å². The molecular weight excluding hydrogens is 374 g/mol. The predicted octanol–water partition coefficient (Wildman–Crippen LogP) is 2.05. The van der Waals surface area contributed by atoms with Crippen LogP contribution in [0.4, 0.5) is 0 Å². The summed E-state index contributed by atoms with van der Waals surface area (Å²) in [6.07, 6.45) is 1.38. The zero-order valence-electron chi connectivity index (χ0n) is 8.66. The Morgan fingerprint density at radius 2 is 2.06 bits per heavy atom. The van der Waals surface area contributed by atoms with Gasteiger partial charge in [-0.25, -0.2) is 0 Å². The van der Waals surface area contributed by atoms with Gasteiger partial charge >= 0.3 is 0 Å². The number of hydrogen-bond donors (Lipinski definition) is 4. The molecule has 0 fully saturated rings. The van der Waals surface area contributed by atoms with Crippen LogP contribution in [0.1, 0.15) is 5.56 Å². The van der Waals surface area contributed by atoms with Crippen molar-refractivity contribution in [2.24, 2.45) is 5.10 Å². The van der Waals surface area contributed by atoms with Gasteiger partial charge in [-0.05, 0) is 50.1 Å². The van der Waals surface area contributed by atoms with E-state index in [1.807, 2.05) is 0 Å². The van der Waals surface area contributed by atoms with Gasteiger partial charge in [-0.3, -0.25) is 5.43 Å². The number of aromatic hydroxyl groups is 2. The number of rotatable bonds is 2. The number of nitrogens with zero attached hydrogens (tertiary/aromatic N) is 1. The molecule has 4 N–H and O–H groups in total. The number of phenols is 2. The Morgan fingerprint density at radius 3 is 2.65 bits per heavy atom. The molecule has 0 amide bonds. The standard InChI is InChI=1S/C9H9Br2N3O2S/c1-12-9(17)14-13-3-4-2-5(10)8(16)6(11)7(4)15/h2-3,15-16H,1H3,(H2,12,14,17). The second-order valence-corrected chi connectivity index (χ2v) is 4.96. The molecule has 0 radical (unpaired) electrons. The largest absolute Gasteiger partial charge is 0.506 e. The van der Waals surface area contributed by atoms with Crippen molar-refractivity contribution in [3.63, 3.8) is 0 Å². The summed E-state index contributed by atoms with van der Waals surface area (Å²) in [6, 6.07) is 1.53. The lowest BCUT2D eigenvalue weighted by molar-refractivity contribution is 0.442. The zero-order chi connectivity index (χ0) is 13.0. The van der Waals surface area contributed by atoms with Gasteiger partial charge in [-0.2, -0.15) is 5.10 Å². The smallest absolute Gasteiger partial charge is 0.186 e. The van der Waals surface area contributed by atoms with Crippen molar-refractivity contribution in [1.29, 1.82) is 0 Å². The van der Waals surface area contributed by atoms with Crippen LogP contribution in [0.25, 0.3) is 0 Å². The number of nitrogens with one attached hydrogen (secondary N) is 2. The average Bonchev–Trinajstić information content (AvgIpc) is 2.32.